The molecule has 1 aromatic rings. The highest BCUT2D eigenvalue weighted by molar-refractivity contribution is 5.93. The van der Waals surface area contributed by atoms with Gasteiger partial charge in [0.1, 0.15) is 11.5 Å². The van der Waals surface area contributed by atoms with Crippen molar-refractivity contribution in [3.8, 4) is 0 Å². The predicted octanol–water partition coefficient (Wildman–Crippen LogP) is 0.456. The van der Waals surface area contributed by atoms with E-state index in [0.29, 0.717) is 11.7 Å². The Hall–Kier alpha value is -1.44. The Morgan fingerprint density at radius 1 is 1.20 bits per heavy atom. The molecule has 25 heavy (non-hydrogen) atoms. The fourth-order valence-corrected chi connectivity index (χ4v) is 4.93. The van der Waals surface area contributed by atoms with Crippen LogP contribution in [0.2, 0.25) is 0 Å². The van der Waals surface area contributed by atoms with E-state index in [0.717, 1.165) is 84.0 Å². The van der Waals surface area contributed by atoms with Crippen molar-refractivity contribution in [2.75, 3.05) is 39.4 Å². The molecule has 5 rings (SSSR count). The zero-order valence-corrected chi connectivity index (χ0v) is 14.7. The predicted molar refractivity (Wildman–Crippen MR) is 92.3 cm³/mol. The number of piperidine rings is 1. The number of likely N-dealkylation sites (tertiary alicyclic amines) is 1. The molecule has 0 radical (unpaired) electrons. The molecule has 1 N–H and O–H groups in total. The highest BCUT2D eigenvalue weighted by atomic mass is 16.5. The van der Waals surface area contributed by atoms with E-state index in [-0.39, 0.29) is 11.4 Å². The van der Waals surface area contributed by atoms with Gasteiger partial charge in [0.2, 0.25) is 0 Å². The maximum atomic E-state index is 13.2. The van der Waals surface area contributed by atoms with Gasteiger partial charge in [-0.25, -0.2) is 4.98 Å². The van der Waals surface area contributed by atoms with E-state index in [4.69, 9.17) is 9.72 Å². The molecule has 136 valence electrons. The minimum atomic E-state index is 0.0712. The Balaban J connectivity index is 1.35. The summed E-state index contributed by atoms with van der Waals surface area (Å²) >= 11 is 0. The summed E-state index contributed by atoms with van der Waals surface area (Å²) in [5, 5.41) is 3.43. The molecule has 1 amide bonds. The van der Waals surface area contributed by atoms with Crippen molar-refractivity contribution in [3.05, 3.63) is 17.7 Å². The summed E-state index contributed by atoms with van der Waals surface area (Å²) in [6, 6.07) is 0.529. The third-order valence-corrected chi connectivity index (χ3v) is 6.56. The number of ether oxygens (including phenoxy) is 1. The summed E-state index contributed by atoms with van der Waals surface area (Å²) in [6.45, 7) is 7.34. The van der Waals surface area contributed by atoms with Gasteiger partial charge in [-0.2, -0.15) is 0 Å². The molecule has 1 spiro atoms. The zero-order chi connectivity index (χ0) is 16.9. The molecular formula is C18H27N5O2. The maximum absolute atomic E-state index is 13.2. The van der Waals surface area contributed by atoms with Crippen molar-refractivity contribution < 1.29 is 9.53 Å². The number of amides is 1. The summed E-state index contributed by atoms with van der Waals surface area (Å²) in [6.07, 6.45) is 6.39. The van der Waals surface area contributed by atoms with Gasteiger partial charge in [-0.3, -0.25) is 9.69 Å². The average molecular weight is 345 g/mol. The molecule has 7 heteroatoms. The van der Waals surface area contributed by atoms with Crippen molar-refractivity contribution in [2.24, 2.45) is 0 Å². The van der Waals surface area contributed by atoms with Crippen LogP contribution in [-0.2, 0) is 17.8 Å². The summed E-state index contributed by atoms with van der Waals surface area (Å²) in [5.74, 6) is 1.17. The fourth-order valence-electron chi connectivity index (χ4n) is 4.93. The van der Waals surface area contributed by atoms with Crippen LogP contribution in [0, 0.1) is 0 Å². The van der Waals surface area contributed by atoms with E-state index in [1.165, 1.54) is 0 Å². The molecule has 0 saturated carbocycles. The summed E-state index contributed by atoms with van der Waals surface area (Å²) < 4.78 is 7.49. The lowest BCUT2D eigenvalue weighted by atomic mass is 9.85. The van der Waals surface area contributed by atoms with Crippen LogP contribution >= 0.6 is 0 Å². The van der Waals surface area contributed by atoms with Gasteiger partial charge in [-0.05, 0) is 38.8 Å². The number of fused-ring (bicyclic) bond motifs is 1. The van der Waals surface area contributed by atoms with Crippen molar-refractivity contribution in [3.63, 3.8) is 0 Å². The normalized spacial score (nSPS) is 26.6. The quantitative estimate of drug-likeness (QED) is 0.844. The number of carbonyl (C=O) groups excluding carboxylic acids is 1. The van der Waals surface area contributed by atoms with Crippen LogP contribution in [0.25, 0.3) is 0 Å². The van der Waals surface area contributed by atoms with Gasteiger partial charge >= 0.3 is 0 Å². The highest BCUT2D eigenvalue weighted by Crippen LogP contribution is 2.37. The molecule has 5 heterocycles. The Bertz CT molecular complexity index is 662. The molecule has 0 atom stereocenters. The lowest BCUT2D eigenvalue weighted by molar-refractivity contribution is -0.0734. The van der Waals surface area contributed by atoms with E-state index < -0.39 is 0 Å². The van der Waals surface area contributed by atoms with Crippen molar-refractivity contribution in [1.29, 1.82) is 0 Å². The molecule has 1 aromatic heterocycles. The minimum absolute atomic E-state index is 0.0712. The number of hydrogen-bond acceptors (Lipinski definition) is 5. The van der Waals surface area contributed by atoms with Crippen LogP contribution in [-0.4, -0.2) is 76.2 Å². The van der Waals surface area contributed by atoms with Crippen LogP contribution in [0.1, 0.15) is 42.0 Å². The lowest BCUT2D eigenvalue weighted by Crippen LogP contribution is -2.53. The number of imidazole rings is 1. The van der Waals surface area contributed by atoms with Gasteiger partial charge in [0.15, 0.2) is 0 Å². The molecule has 0 unspecified atom stereocenters. The molecule has 0 aliphatic carbocycles. The van der Waals surface area contributed by atoms with Gasteiger partial charge in [-0.15, -0.1) is 0 Å². The Labute approximate surface area is 148 Å². The number of aromatic nitrogens is 2. The summed E-state index contributed by atoms with van der Waals surface area (Å²) in [7, 11) is 0. The first-order valence-electron chi connectivity index (χ1n) is 9.66. The molecule has 0 bridgehead atoms. The zero-order valence-electron chi connectivity index (χ0n) is 14.7. The number of carbonyl (C=O) groups is 1. The first-order chi connectivity index (χ1) is 12.3. The number of nitrogens with one attached hydrogen (secondary N) is 1. The molecular weight excluding hydrogens is 318 g/mol. The van der Waals surface area contributed by atoms with Crippen LogP contribution in [0.5, 0.6) is 0 Å². The van der Waals surface area contributed by atoms with Gasteiger partial charge < -0.3 is 19.5 Å². The van der Waals surface area contributed by atoms with Crippen molar-refractivity contribution >= 4 is 5.91 Å². The lowest BCUT2D eigenvalue weighted by Gasteiger charge is -2.41. The fraction of sp³-hybridized carbons (Fsp3) is 0.778. The summed E-state index contributed by atoms with van der Waals surface area (Å²) in [5.41, 5.74) is 0.711. The van der Waals surface area contributed by atoms with Gasteiger partial charge in [0.25, 0.3) is 5.91 Å². The van der Waals surface area contributed by atoms with Crippen LogP contribution in [0.3, 0.4) is 0 Å². The van der Waals surface area contributed by atoms with E-state index in [9.17, 15) is 4.79 Å². The van der Waals surface area contributed by atoms with Crippen molar-refractivity contribution in [1.82, 2.24) is 24.7 Å². The third kappa shape index (κ3) is 2.60. The second-order valence-corrected chi connectivity index (χ2v) is 7.93. The van der Waals surface area contributed by atoms with Crippen LogP contribution in [0.15, 0.2) is 6.20 Å². The minimum Gasteiger partial charge on any atom is -0.378 e. The Kier molecular flexibility index (Phi) is 3.83. The molecule has 4 aliphatic heterocycles. The first-order valence-corrected chi connectivity index (χ1v) is 9.66. The van der Waals surface area contributed by atoms with Crippen LogP contribution < -0.4 is 5.32 Å². The van der Waals surface area contributed by atoms with Gasteiger partial charge in [0, 0.05) is 31.4 Å². The van der Waals surface area contributed by atoms with Gasteiger partial charge in [0.05, 0.1) is 25.8 Å². The summed E-state index contributed by atoms with van der Waals surface area (Å²) in [4.78, 5) is 22.5. The highest BCUT2D eigenvalue weighted by Gasteiger charge is 2.45. The second-order valence-electron chi connectivity index (χ2n) is 7.93. The molecule has 0 aromatic carbocycles. The van der Waals surface area contributed by atoms with E-state index >= 15 is 0 Å². The smallest absolute Gasteiger partial charge is 0.274 e. The maximum Gasteiger partial charge on any atom is 0.274 e. The SMILES string of the molecule is O=C(c1cn2c(n1)CN(C1COC1)CC2)N1CCCC12CCNCC2. The molecule has 7 nitrogen and oxygen atoms in total. The third-order valence-electron chi connectivity index (χ3n) is 6.56. The van der Waals surface area contributed by atoms with E-state index in [2.05, 4.69) is 19.7 Å². The van der Waals surface area contributed by atoms with Gasteiger partial charge in [-0.1, -0.05) is 0 Å². The topological polar surface area (TPSA) is 62.6 Å². The number of nitrogens with zero attached hydrogens (tertiary/aromatic N) is 4. The largest absolute Gasteiger partial charge is 0.378 e. The van der Waals surface area contributed by atoms with E-state index in [1.807, 2.05) is 6.20 Å². The first kappa shape index (κ1) is 15.8. The Morgan fingerprint density at radius 2 is 2.04 bits per heavy atom. The second kappa shape index (κ2) is 6.07. The van der Waals surface area contributed by atoms with E-state index in [1.54, 1.807) is 0 Å². The monoisotopic (exact) mass is 345 g/mol. The van der Waals surface area contributed by atoms with Crippen molar-refractivity contribution in [2.45, 2.75) is 50.4 Å². The standard InChI is InChI=1S/C18H27N5O2/c24-17(23-7-1-2-18(23)3-5-19-6-4-18)15-10-22-9-8-21(11-16(22)20-15)14-12-25-13-14/h10,14,19H,1-9,11-13H2. The van der Waals surface area contributed by atoms with Crippen LogP contribution in [0.4, 0.5) is 0 Å². The molecule has 3 saturated heterocycles. The number of rotatable bonds is 2. The molecule has 4 aliphatic rings. The Morgan fingerprint density at radius 3 is 2.80 bits per heavy atom. The average Bonchev–Trinajstić information content (AvgIpc) is 3.17. The number of hydrogen-bond donors (Lipinski definition) is 1. The molecule has 3 fully saturated rings.